The molecule has 0 fully saturated rings. The van der Waals surface area contributed by atoms with Gasteiger partial charge in [-0.2, -0.15) is 0 Å². The quantitative estimate of drug-likeness (QED) is 0.795. The molecular formula is C17H17NO2. The number of hydrogen-bond acceptors (Lipinski definition) is 2. The molecule has 0 unspecified atom stereocenters. The molecule has 0 aromatic heterocycles. The summed E-state index contributed by atoms with van der Waals surface area (Å²) in [6.07, 6.45) is 0. The highest BCUT2D eigenvalue weighted by atomic mass is 16.5. The van der Waals surface area contributed by atoms with Crippen LogP contribution in [0.5, 0.6) is 5.75 Å². The number of benzene rings is 2. The zero-order valence-corrected chi connectivity index (χ0v) is 11.7. The molecule has 2 aromatic rings. The molecular weight excluding hydrogens is 250 g/mol. The summed E-state index contributed by atoms with van der Waals surface area (Å²) >= 11 is 0. The molecule has 0 N–H and O–H groups in total. The van der Waals surface area contributed by atoms with E-state index in [9.17, 15) is 4.79 Å². The smallest absolute Gasteiger partial charge is 0.258 e. The van der Waals surface area contributed by atoms with Crippen molar-refractivity contribution in [3.05, 3.63) is 66.7 Å². The molecule has 0 saturated heterocycles. The largest absolute Gasteiger partial charge is 0.497 e. The molecule has 0 spiro atoms. The predicted molar refractivity (Wildman–Crippen MR) is 81.9 cm³/mol. The van der Waals surface area contributed by atoms with E-state index in [1.165, 1.54) is 0 Å². The van der Waals surface area contributed by atoms with E-state index in [1.807, 2.05) is 54.6 Å². The fourth-order valence-corrected chi connectivity index (χ4v) is 1.89. The third-order valence-corrected chi connectivity index (χ3v) is 3.14. The Bertz CT molecular complexity index is 603. The van der Waals surface area contributed by atoms with E-state index in [0.29, 0.717) is 5.57 Å². The number of methoxy groups -OCH3 is 1. The molecule has 0 saturated carbocycles. The van der Waals surface area contributed by atoms with Crippen molar-refractivity contribution >= 4 is 17.2 Å². The number of carbonyl (C=O) groups excluding carboxylic acids is 1. The molecule has 3 heteroatoms. The molecule has 0 aliphatic rings. The van der Waals surface area contributed by atoms with Gasteiger partial charge in [-0.25, -0.2) is 0 Å². The van der Waals surface area contributed by atoms with Crippen molar-refractivity contribution in [3.63, 3.8) is 0 Å². The molecule has 0 aliphatic heterocycles. The first-order valence-electron chi connectivity index (χ1n) is 6.30. The van der Waals surface area contributed by atoms with Gasteiger partial charge in [0, 0.05) is 18.3 Å². The average Bonchev–Trinajstić information content (AvgIpc) is 2.53. The molecule has 0 atom stereocenters. The van der Waals surface area contributed by atoms with Gasteiger partial charge in [-0.15, -0.1) is 0 Å². The first kappa shape index (κ1) is 13.9. The van der Waals surface area contributed by atoms with Gasteiger partial charge in [-0.1, -0.05) is 36.9 Å². The molecule has 1 amide bonds. The van der Waals surface area contributed by atoms with Gasteiger partial charge in [-0.05, 0) is 29.8 Å². The Morgan fingerprint density at radius 3 is 2.20 bits per heavy atom. The lowest BCUT2D eigenvalue weighted by Crippen LogP contribution is -2.26. The Hall–Kier alpha value is -2.55. The molecule has 0 heterocycles. The van der Waals surface area contributed by atoms with Crippen molar-refractivity contribution in [2.24, 2.45) is 0 Å². The van der Waals surface area contributed by atoms with Crippen LogP contribution in [0.1, 0.15) is 5.56 Å². The maximum absolute atomic E-state index is 12.4. The fraction of sp³-hybridized carbons (Fsp3) is 0.118. The minimum absolute atomic E-state index is 0.124. The van der Waals surface area contributed by atoms with Crippen LogP contribution in [0.3, 0.4) is 0 Å². The molecule has 2 rings (SSSR count). The minimum Gasteiger partial charge on any atom is -0.497 e. The predicted octanol–water partition coefficient (Wildman–Crippen LogP) is 3.37. The monoisotopic (exact) mass is 267 g/mol. The van der Waals surface area contributed by atoms with Gasteiger partial charge in [0.15, 0.2) is 0 Å². The number of anilines is 1. The van der Waals surface area contributed by atoms with Gasteiger partial charge in [0.2, 0.25) is 0 Å². The molecule has 0 bridgehead atoms. The van der Waals surface area contributed by atoms with Crippen LogP contribution in [0.2, 0.25) is 0 Å². The second-order valence-electron chi connectivity index (χ2n) is 4.41. The summed E-state index contributed by atoms with van der Waals surface area (Å²) in [7, 11) is 3.35. The zero-order valence-electron chi connectivity index (χ0n) is 11.7. The van der Waals surface area contributed by atoms with E-state index in [4.69, 9.17) is 4.74 Å². The van der Waals surface area contributed by atoms with Crippen molar-refractivity contribution < 1.29 is 9.53 Å². The number of rotatable bonds is 4. The van der Waals surface area contributed by atoms with Gasteiger partial charge in [0.05, 0.1) is 7.11 Å². The maximum Gasteiger partial charge on any atom is 0.258 e. The highest BCUT2D eigenvalue weighted by molar-refractivity contribution is 6.25. The number of para-hydroxylation sites is 1. The first-order valence-corrected chi connectivity index (χ1v) is 6.30. The Balaban J connectivity index is 2.17. The number of likely N-dealkylation sites (N-methyl/N-ethyl adjacent to an activating group) is 1. The Kier molecular flexibility index (Phi) is 4.20. The maximum atomic E-state index is 12.4. The number of ether oxygens (including phenoxy) is 1. The summed E-state index contributed by atoms with van der Waals surface area (Å²) in [6, 6.07) is 16.8. The van der Waals surface area contributed by atoms with Gasteiger partial charge in [-0.3, -0.25) is 4.79 Å². The molecule has 0 radical (unpaired) electrons. The SMILES string of the molecule is C=C(C(=O)N(C)c1ccccc1)c1ccc(OC)cc1. The summed E-state index contributed by atoms with van der Waals surface area (Å²) in [6.45, 7) is 3.89. The van der Waals surface area contributed by atoms with Crippen LogP contribution in [0.25, 0.3) is 5.57 Å². The van der Waals surface area contributed by atoms with E-state index in [1.54, 1.807) is 19.1 Å². The van der Waals surface area contributed by atoms with E-state index in [2.05, 4.69) is 6.58 Å². The van der Waals surface area contributed by atoms with Gasteiger partial charge >= 0.3 is 0 Å². The average molecular weight is 267 g/mol. The summed E-state index contributed by atoms with van der Waals surface area (Å²) < 4.78 is 5.10. The van der Waals surface area contributed by atoms with Crippen LogP contribution >= 0.6 is 0 Å². The number of hydrogen-bond donors (Lipinski definition) is 0. The minimum atomic E-state index is -0.124. The molecule has 20 heavy (non-hydrogen) atoms. The first-order chi connectivity index (χ1) is 9.63. The molecule has 102 valence electrons. The van der Waals surface area contributed by atoms with Crippen molar-refractivity contribution in [2.45, 2.75) is 0 Å². The lowest BCUT2D eigenvalue weighted by atomic mass is 10.1. The second kappa shape index (κ2) is 6.06. The van der Waals surface area contributed by atoms with Gasteiger partial charge < -0.3 is 9.64 Å². The lowest BCUT2D eigenvalue weighted by molar-refractivity contribution is -0.113. The van der Waals surface area contributed by atoms with Crippen LogP contribution in [-0.4, -0.2) is 20.1 Å². The fourth-order valence-electron chi connectivity index (χ4n) is 1.89. The highest BCUT2D eigenvalue weighted by Crippen LogP contribution is 2.21. The van der Waals surface area contributed by atoms with Crippen molar-refractivity contribution in [1.82, 2.24) is 0 Å². The van der Waals surface area contributed by atoms with E-state index < -0.39 is 0 Å². The zero-order chi connectivity index (χ0) is 14.5. The van der Waals surface area contributed by atoms with Gasteiger partial charge in [0.1, 0.15) is 5.75 Å². The number of amides is 1. The van der Waals surface area contributed by atoms with Crippen molar-refractivity contribution in [3.8, 4) is 5.75 Å². The van der Waals surface area contributed by atoms with Gasteiger partial charge in [0.25, 0.3) is 5.91 Å². The topological polar surface area (TPSA) is 29.5 Å². The normalized spacial score (nSPS) is 9.90. The molecule has 3 nitrogen and oxygen atoms in total. The van der Waals surface area contributed by atoms with E-state index in [-0.39, 0.29) is 5.91 Å². The van der Waals surface area contributed by atoms with Crippen LogP contribution < -0.4 is 9.64 Å². The van der Waals surface area contributed by atoms with Crippen molar-refractivity contribution in [1.29, 1.82) is 0 Å². The van der Waals surface area contributed by atoms with E-state index in [0.717, 1.165) is 17.0 Å². The Morgan fingerprint density at radius 2 is 1.65 bits per heavy atom. The van der Waals surface area contributed by atoms with Crippen LogP contribution in [0, 0.1) is 0 Å². The molecule has 0 aliphatic carbocycles. The highest BCUT2D eigenvalue weighted by Gasteiger charge is 2.15. The summed E-state index contributed by atoms with van der Waals surface area (Å²) in [4.78, 5) is 14.0. The summed E-state index contributed by atoms with van der Waals surface area (Å²) in [5, 5.41) is 0. The summed E-state index contributed by atoms with van der Waals surface area (Å²) in [5.74, 6) is 0.631. The second-order valence-corrected chi connectivity index (χ2v) is 4.41. The third-order valence-electron chi connectivity index (χ3n) is 3.14. The summed E-state index contributed by atoms with van der Waals surface area (Å²) in [5.41, 5.74) is 2.09. The van der Waals surface area contributed by atoms with E-state index >= 15 is 0 Å². The third kappa shape index (κ3) is 2.88. The standard InChI is InChI=1S/C17H17NO2/c1-13(14-9-11-16(20-3)12-10-14)17(19)18(2)15-7-5-4-6-8-15/h4-12H,1H2,2-3H3. The lowest BCUT2D eigenvalue weighted by Gasteiger charge is -2.18. The van der Waals surface area contributed by atoms with Crippen LogP contribution in [-0.2, 0) is 4.79 Å². The Labute approximate surface area is 119 Å². The molecule has 2 aromatic carbocycles. The van der Waals surface area contributed by atoms with Crippen LogP contribution in [0.4, 0.5) is 5.69 Å². The number of carbonyl (C=O) groups is 1. The van der Waals surface area contributed by atoms with Crippen molar-refractivity contribution in [2.75, 3.05) is 19.1 Å². The number of nitrogens with zero attached hydrogens (tertiary/aromatic N) is 1. The van der Waals surface area contributed by atoms with Crippen LogP contribution in [0.15, 0.2) is 61.2 Å². The Morgan fingerprint density at radius 1 is 1.05 bits per heavy atom.